The van der Waals surface area contributed by atoms with E-state index in [1.165, 1.54) is 12.1 Å². The Morgan fingerprint density at radius 2 is 1.93 bits per heavy atom. The maximum Gasteiger partial charge on any atom is 0.573 e. The van der Waals surface area contributed by atoms with Gasteiger partial charge in [-0.1, -0.05) is 0 Å². The lowest BCUT2D eigenvalue weighted by Gasteiger charge is -2.13. The van der Waals surface area contributed by atoms with Crippen molar-refractivity contribution < 1.29 is 17.9 Å². The van der Waals surface area contributed by atoms with Crippen molar-refractivity contribution in [3.05, 3.63) is 22.2 Å². The van der Waals surface area contributed by atoms with Gasteiger partial charge in [-0.2, -0.15) is 0 Å². The Bertz CT molecular complexity index is 344. The number of rotatable bonds is 2. The first-order valence-corrected chi connectivity index (χ1v) is 4.66. The third kappa shape index (κ3) is 3.28. The Hall–Kier alpha value is -0.950. The summed E-state index contributed by atoms with van der Waals surface area (Å²) < 4.78 is 39.8. The third-order valence-electron chi connectivity index (χ3n) is 1.59. The van der Waals surface area contributed by atoms with Gasteiger partial charge in [0.15, 0.2) is 5.75 Å². The zero-order valence-corrected chi connectivity index (χ0v) is 9.02. The molecule has 0 aliphatic rings. The number of nitrogens with two attached hydrogens (primary N) is 2. The van der Waals surface area contributed by atoms with Crippen molar-refractivity contribution in [2.24, 2.45) is 5.73 Å². The largest absolute Gasteiger partial charge is 0.573 e. The standard InChI is InChI=1S/C8H8BrF3N2O/c9-5-1-4(3-13)2-6(14)7(5)15-8(10,11)12/h1-2H,3,13-14H2. The molecule has 0 amide bonds. The van der Waals surface area contributed by atoms with Crippen LogP contribution in [0.15, 0.2) is 16.6 Å². The minimum absolute atomic E-state index is 0.109. The number of alkyl halides is 3. The summed E-state index contributed by atoms with van der Waals surface area (Å²) in [6, 6.07) is 2.77. The smallest absolute Gasteiger partial charge is 0.402 e. The van der Waals surface area contributed by atoms with Crippen molar-refractivity contribution >= 4 is 21.6 Å². The highest BCUT2D eigenvalue weighted by molar-refractivity contribution is 9.10. The number of halogens is 4. The SMILES string of the molecule is NCc1cc(N)c(OC(F)(F)F)c(Br)c1. The summed E-state index contributed by atoms with van der Waals surface area (Å²) in [6.45, 7) is 0.190. The quantitative estimate of drug-likeness (QED) is 0.820. The predicted molar refractivity (Wildman–Crippen MR) is 53.1 cm³/mol. The van der Waals surface area contributed by atoms with Gasteiger partial charge >= 0.3 is 6.36 Å². The molecule has 1 aromatic carbocycles. The average molecular weight is 285 g/mol. The van der Waals surface area contributed by atoms with Crippen LogP contribution in [-0.4, -0.2) is 6.36 Å². The van der Waals surface area contributed by atoms with Crippen molar-refractivity contribution in [2.45, 2.75) is 12.9 Å². The molecule has 0 radical (unpaired) electrons. The summed E-state index contributed by atoms with van der Waals surface area (Å²) >= 11 is 2.93. The Morgan fingerprint density at radius 1 is 1.33 bits per heavy atom. The van der Waals surface area contributed by atoms with Crippen LogP contribution in [0.2, 0.25) is 0 Å². The number of hydrogen-bond acceptors (Lipinski definition) is 3. The Morgan fingerprint density at radius 3 is 2.33 bits per heavy atom. The fourth-order valence-corrected chi connectivity index (χ4v) is 1.62. The minimum Gasteiger partial charge on any atom is -0.402 e. The number of nitrogen functional groups attached to an aromatic ring is 1. The summed E-state index contributed by atoms with van der Waals surface area (Å²) in [7, 11) is 0. The van der Waals surface area contributed by atoms with Crippen molar-refractivity contribution in [3.63, 3.8) is 0 Å². The second kappa shape index (κ2) is 4.28. The van der Waals surface area contributed by atoms with E-state index < -0.39 is 12.1 Å². The van der Waals surface area contributed by atoms with Crippen molar-refractivity contribution in [3.8, 4) is 5.75 Å². The average Bonchev–Trinajstić information content (AvgIpc) is 2.09. The second-order valence-electron chi connectivity index (χ2n) is 2.75. The molecular weight excluding hydrogens is 277 g/mol. The van der Waals surface area contributed by atoms with Gasteiger partial charge in [-0.05, 0) is 33.6 Å². The molecule has 0 aliphatic heterocycles. The van der Waals surface area contributed by atoms with Crippen LogP contribution in [-0.2, 0) is 6.54 Å². The van der Waals surface area contributed by atoms with E-state index in [9.17, 15) is 13.2 Å². The molecule has 1 rings (SSSR count). The normalized spacial score (nSPS) is 11.5. The van der Waals surface area contributed by atoms with Crippen LogP contribution in [0.3, 0.4) is 0 Å². The molecule has 15 heavy (non-hydrogen) atoms. The molecule has 0 atom stereocenters. The first-order valence-electron chi connectivity index (χ1n) is 3.87. The van der Waals surface area contributed by atoms with Crippen molar-refractivity contribution in [1.29, 1.82) is 0 Å². The first kappa shape index (κ1) is 12.1. The van der Waals surface area contributed by atoms with Crippen molar-refractivity contribution in [2.75, 3.05) is 5.73 Å². The highest BCUT2D eigenvalue weighted by atomic mass is 79.9. The van der Waals surface area contributed by atoms with E-state index >= 15 is 0 Å². The highest BCUT2D eigenvalue weighted by Gasteiger charge is 2.33. The molecule has 0 bridgehead atoms. The van der Waals surface area contributed by atoms with Gasteiger partial charge in [0.05, 0.1) is 10.2 Å². The van der Waals surface area contributed by atoms with Gasteiger partial charge in [0.25, 0.3) is 0 Å². The molecule has 84 valence electrons. The van der Waals surface area contributed by atoms with E-state index in [0.717, 1.165) is 0 Å². The van der Waals surface area contributed by atoms with Crippen LogP contribution in [0.1, 0.15) is 5.56 Å². The van der Waals surface area contributed by atoms with E-state index in [2.05, 4.69) is 20.7 Å². The zero-order valence-electron chi connectivity index (χ0n) is 7.44. The van der Waals surface area contributed by atoms with Crippen LogP contribution < -0.4 is 16.2 Å². The highest BCUT2D eigenvalue weighted by Crippen LogP contribution is 2.36. The molecule has 7 heteroatoms. The van der Waals surface area contributed by atoms with E-state index in [1.807, 2.05) is 0 Å². The van der Waals surface area contributed by atoms with Gasteiger partial charge in [0.2, 0.25) is 0 Å². The monoisotopic (exact) mass is 284 g/mol. The molecule has 0 heterocycles. The predicted octanol–water partition coefficient (Wildman–Crippen LogP) is 2.39. The van der Waals surface area contributed by atoms with E-state index in [-0.39, 0.29) is 16.7 Å². The summed E-state index contributed by atoms with van der Waals surface area (Å²) in [4.78, 5) is 0. The van der Waals surface area contributed by atoms with Crippen LogP contribution in [0.25, 0.3) is 0 Å². The minimum atomic E-state index is -4.76. The summed E-state index contributed by atoms with van der Waals surface area (Å²) in [5, 5.41) is 0. The molecule has 4 N–H and O–H groups in total. The lowest BCUT2D eigenvalue weighted by molar-refractivity contribution is -0.274. The molecule has 0 spiro atoms. The fraction of sp³-hybridized carbons (Fsp3) is 0.250. The molecule has 0 saturated heterocycles. The van der Waals surface area contributed by atoms with Crippen molar-refractivity contribution in [1.82, 2.24) is 0 Å². The molecule has 3 nitrogen and oxygen atoms in total. The first-order chi connectivity index (χ1) is 6.83. The molecule has 1 aromatic rings. The van der Waals surface area contributed by atoms with Crippen LogP contribution >= 0.6 is 15.9 Å². The van der Waals surface area contributed by atoms with Crippen LogP contribution in [0.5, 0.6) is 5.75 Å². The molecule has 0 aliphatic carbocycles. The Balaban J connectivity index is 3.09. The maximum atomic E-state index is 12.0. The Kier molecular flexibility index (Phi) is 3.46. The topological polar surface area (TPSA) is 61.3 Å². The van der Waals surface area contributed by atoms with E-state index in [4.69, 9.17) is 11.5 Å². The molecule has 0 saturated carbocycles. The summed E-state index contributed by atoms with van der Waals surface area (Å²) in [5.41, 5.74) is 11.2. The lowest BCUT2D eigenvalue weighted by Crippen LogP contribution is -2.18. The van der Waals surface area contributed by atoms with Gasteiger partial charge < -0.3 is 16.2 Å². The van der Waals surface area contributed by atoms with E-state index in [0.29, 0.717) is 5.56 Å². The number of ether oxygens (including phenoxy) is 1. The van der Waals surface area contributed by atoms with E-state index in [1.54, 1.807) is 0 Å². The van der Waals surface area contributed by atoms with Crippen LogP contribution in [0.4, 0.5) is 18.9 Å². The Labute approximate surface area is 92.3 Å². The molecule has 0 aromatic heterocycles. The zero-order chi connectivity index (χ0) is 11.6. The van der Waals surface area contributed by atoms with Gasteiger partial charge in [-0.15, -0.1) is 13.2 Å². The fourth-order valence-electron chi connectivity index (χ4n) is 1.01. The lowest BCUT2D eigenvalue weighted by atomic mass is 10.2. The number of hydrogen-bond donors (Lipinski definition) is 2. The van der Waals surface area contributed by atoms with Gasteiger partial charge in [-0.3, -0.25) is 0 Å². The molecule has 0 unspecified atom stereocenters. The second-order valence-corrected chi connectivity index (χ2v) is 3.60. The summed E-state index contributed by atoms with van der Waals surface area (Å²) in [5.74, 6) is -0.445. The molecule has 0 fully saturated rings. The molecular formula is C8H8BrF3N2O. The van der Waals surface area contributed by atoms with Gasteiger partial charge in [0, 0.05) is 6.54 Å². The van der Waals surface area contributed by atoms with Crippen LogP contribution in [0, 0.1) is 0 Å². The number of anilines is 1. The van der Waals surface area contributed by atoms with Gasteiger partial charge in [0.1, 0.15) is 0 Å². The maximum absolute atomic E-state index is 12.0. The summed E-state index contributed by atoms with van der Waals surface area (Å²) in [6.07, 6.45) is -4.76. The third-order valence-corrected chi connectivity index (χ3v) is 2.17. The van der Waals surface area contributed by atoms with Gasteiger partial charge in [-0.25, -0.2) is 0 Å². The number of benzene rings is 1.